The summed E-state index contributed by atoms with van der Waals surface area (Å²) in [5.74, 6) is -0.505. The zero-order valence-corrected chi connectivity index (χ0v) is 12.8. The van der Waals surface area contributed by atoms with Crippen LogP contribution in [0.3, 0.4) is 0 Å². The SMILES string of the molecule is CO[C@@H]1CCNC[C@@H]1NC(=O)c1ccc(C)n1C(F)F.Cl. The van der Waals surface area contributed by atoms with Crippen molar-refractivity contribution in [2.45, 2.75) is 32.0 Å². The van der Waals surface area contributed by atoms with Crippen LogP contribution in [-0.2, 0) is 4.74 Å². The van der Waals surface area contributed by atoms with Crippen LogP contribution in [0.1, 0.15) is 29.2 Å². The number of ether oxygens (including phenoxy) is 1. The van der Waals surface area contributed by atoms with Crippen LogP contribution in [0.25, 0.3) is 0 Å². The molecule has 2 heterocycles. The summed E-state index contributed by atoms with van der Waals surface area (Å²) in [6.07, 6.45) is 0.673. The number of carbonyl (C=O) groups is 1. The molecule has 1 aliphatic heterocycles. The van der Waals surface area contributed by atoms with Crippen LogP contribution in [0, 0.1) is 6.92 Å². The fourth-order valence-electron chi connectivity index (χ4n) is 2.50. The van der Waals surface area contributed by atoms with E-state index in [1.54, 1.807) is 14.0 Å². The third-order valence-corrected chi connectivity index (χ3v) is 3.59. The molecule has 0 unspecified atom stereocenters. The maximum Gasteiger partial charge on any atom is 0.319 e. The molecule has 2 atom stereocenters. The second-order valence-corrected chi connectivity index (χ2v) is 4.85. The fraction of sp³-hybridized carbons (Fsp3) is 0.615. The van der Waals surface area contributed by atoms with Crippen molar-refractivity contribution in [2.75, 3.05) is 20.2 Å². The second-order valence-electron chi connectivity index (χ2n) is 4.85. The lowest BCUT2D eigenvalue weighted by Gasteiger charge is -2.31. The summed E-state index contributed by atoms with van der Waals surface area (Å²) in [6, 6.07) is 2.70. The molecule has 2 rings (SSSR count). The number of hydrogen-bond donors (Lipinski definition) is 2. The van der Waals surface area contributed by atoms with Gasteiger partial charge < -0.3 is 15.4 Å². The zero-order valence-electron chi connectivity index (χ0n) is 11.9. The number of aromatic nitrogens is 1. The van der Waals surface area contributed by atoms with Crippen molar-refractivity contribution in [2.24, 2.45) is 0 Å². The summed E-state index contributed by atoms with van der Waals surface area (Å²) in [6.45, 7) is 0.201. The number of nitrogens with zero attached hydrogens (tertiary/aromatic N) is 1. The van der Waals surface area contributed by atoms with Crippen molar-refractivity contribution >= 4 is 18.3 Å². The van der Waals surface area contributed by atoms with Crippen molar-refractivity contribution in [3.05, 3.63) is 23.5 Å². The average Bonchev–Trinajstić information content (AvgIpc) is 2.81. The number of rotatable bonds is 4. The van der Waals surface area contributed by atoms with Crippen molar-refractivity contribution in [1.29, 1.82) is 0 Å². The van der Waals surface area contributed by atoms with Gasteiger partial charge in [0.2, 0.25) is 0 Å². The molecule has 2 N–H and O–H groups in total. The van der Waals surface area contributed by atoms with Crippen LogP contribution < -0.4 is 10.6 Å². The number of hydrogen-bond acceptors (Lipinski definition) is 3. The smallest absolute Gasteiger partial charge is 0.319 e. The molecule has 1 aliphatic rings. The van der Waals surface area contributed by atoms with Crippen LogP contribution in [0.15, 0.2) is 12.1 Å². The number of aryl methyl sites for hydroxylation is 1. The first-order valence-corrected chi connectivity index (χ1v) is 6.55. The van der Waals surface area contributed by atoms with Gasteiger partial charge in [-0.05, 0) is 32.0 Å². The molecule has 5 nitrogen and oxygen atoms in total. The minimum absolute atomic E-state index is 0. The summed E-state index contributed by atoms with van der Waals surface area (Å²) < 4.78 is 31.9. The Morgan fingerprint density at radius 3 is 2.86 bits per heavy atom. The summed E-state index contributed by atoms with van der Waals surface area (Å²) in [4.78, 5) is 12.2. The van der Waals surface area contributed by atoms with Crippen LogP contribution in [0.2, 0.25) is 0 Å². The Bertz CT molecular complexity index is 482. The molecule has 21 heavy (non-hydrogen) atoms. The highest BCUT2D eigenvalue weighted by molar-refractivity contribution is 5.93. The van der Waals surface area contributed by atoms with Crippen LogP contribution in [0.4, 0.5) is 8.78 Å². The van der Waals surface area contributed by atoms with Gasteiger partial charge in [0.15, 0.2) is 0 Å². The number of methoxy groups -OCH3 is 1. The van der Waals surface area contributed by atoms with Crippen LogP contribution in [-0.4, -0.2) is 42.8 Å². The zero-order chi connectivity index (χ0) is 14.7. The molecule has 1 aromatic rings. The molecule has 1 aromatic heterocycles. The number of halogens is 3. The number of carbonyl (C=O) groups excluding carboxylic acids is 1. The van der Waals surface area contributed by atoms with E-state index in [4.69, 9.17) is 4.74 Å². The average molecular weight is 324 g/mol. The molecular weight excluding hydrogens is 304 g/mol. The normalized spacial score (nSPS) is 22.0. The molecule has 1 amide bonds. The molecule has 120 valence electrons. The Balaban J connectivity index is 0.00000220. The van der Waals surface area contributed by atoms with E-state index in [0.29, 0.717) is 12.2 Å². The summed E-state index contributed by atoms with van der Waals surface area (Å²) in [5, 5.41) is 5.91. The molecule has 8 heteroatoms. The molecule has 0 saturated carbocycles. The second kappa shape index (κ2) is 7.72. The third-order valence-electron chi connectivity index (χ3n) is 3.59. The van der Waals surface area contributed by atoms with Gasteiger partial charge in [-0.25, -0.2) is 0 Å². The maximum atomic E-state index is 12.9. The Morgan fingerprint density at radius 2 is 2.24 bits per heavy atom. The highest BCUT2D eigenvalue weighted by atomic mass is 35.5. The van der Waals surface area contributed by atoms with Gasteiger partial charge in [-0.3, -0.25) is 9.36 Å². The molecule has 0 radical (unpaired) electrons. The van der Waals surface area contributed by atoms with Gasteiger partial charge in [-0.1, -0.05) is 0 Å². The molecule has 1 fully saturated rings. The first-order chi connectivity index (χ1) is 9.54. The molecule has 0 aliphatic carbocycles. The third kappa shape index (κ3) is 3.93. The van der Waals surface area contributed by atoms with E-state index in [1.165, 1.54) is 12.1 Å². The molecule has 0 spiro atoms. The number of alkyl halides is 2. The van der Waals surface area contributed by atoms with Gasteiger partial charge in [-0.2, -0.15) is 8.78 Å². The first-order valence-electron chi connectivity index (χ1n) is 6.55. The largest absolute Gasteiger partial charge is 0.379 e. The highest BCUT2D eigenvalue weighted by Gasteiger charge is 2.28. The standard InChI is InChI=1S/C13H19F2N3O2.ClH/c1-8-3-4-10(18(8)13(14)15)12(19)17-9-7-16-6-5-11(9)20-2;/h3-4,9,11,13,16H,5-7H2,1-2H3,(H,17,19);1H/t9-,11+;/m0./s1. The van der Waals surface area contributed by atoms with Crippen molar-refractivity contribution in [1.82, 2.24) is 15.2 Å². The summed E-state index contributed by atoms with van der Waals surface area (Å²) in [7, 11) is 1.58. The van der Waals surface area contributed by atoms with E-state index in [1.807, 2.05) is 0 Å². The fourth-order valence-corrected chi connectivity index (χ4v) is 2.50. The van der Waals surface area contributed by atoms with Gasteiger partial charge in [0, 0.05) is 19.3 Å². The summed E-state index contributed by atoms with van der Waals surface area (Å²) in [5.41, 5.74) is 0.327. The highest BCUT2D eigenvalue weighted by Crippen LogP contribution is 2.19. The number of piperidine rings is 1. The lowest BCUT2D eigenvalue weighted by atomic mass is 10.0. The van der Waals surface area contributed by atoms with Crippen molar-refractivity contribution in [3.8, 4) is 0 Å². The van der Waals surface area contributed by atoms with Gasteiger partial charge >= 0.3 is 6.55 Å². The Labute approximate surface area is 128 Å². The van der Waals surface area contributed by atoms with E-state index in [-0.39, 0.29) is 30.2 Å². The van der Waals surface area contributed by atoms with Gasteiger partial charge in [0.25, 0.3) is 5.91 Å². The van der Waals surface area contributed by atoms with E-state index < -0.39 is 12.5 Å². The number of amides is 1. The molecule has 0 bridgehead atoms. The Hall–Kier alpha value is -1.18. The van der Waals surface area contributed by atoms with E-state index in [2.05, 4.69) is 10.6 Å². The van der Waals surface area contributed by atoms with E-state index in [0.717, 1.165) is 17.5 Å². The number of nitrogens with one attached hydrogen (secondary N) is 2. The van der Waals surface area contributed by atoms with Crippen molar-refractivity contribution < 1.29 is 18.3 Å². The molecule has 0 aromatic carbocycles. The minimum atomic E-state index is -2.73. The molecular formula is C13H20ClF2N3O2. The van der Waals surface area contributed by atoms with E-state index >= 15 is 0 Å². The van der Waals surface area contributed by atoms with Crippen LogP contribution >= 0.6 is 12.4 Å². The quantitative estimate of drug-likeness (QED) is 0.887. The predicted molar refractivity (Wildman–Crippen MR) is 77.2 cm³/mol. The lowest BCUT2D eigenvalue weighted by molar-refractivity contribution is 0.0420. The lowest BCUT2D eigenvalue weighted by Crippen LogP contribution is -2.54. The Morgan fingerprint density at radius 1 is 1.52 bits per heavy atom. The molecule has 1 saturated heterocycles. The first kappa shape index (κ1) is 17.9. The minimum Gasteiger partial charge on any atom is -0.379 e. The van der Waals surface area contributed by atoms with Crippen LogP contribution in [0.5, 0.6) is 0 Å². The Kier molecular flexibility index (Phi) is 6.57. The van der Waals surface area contributed by atoms with Gasteiger partial charge in [0.05, 0.1) is 12.1 Å². The van der Waals surface area contributed by atoms with E-state index in [9.17, 15) is 13.6 Å². The predicted octanol–water partition coefficient (Wildman–Crippen LogP) is 1.72. The van der Waals surface area contributed by atoms with Gasteiger partial charge in [0.1, 0.15) is 5.69 Å². The summed E-state index contributed by atoms with van der Waals surface area (Å²) >= 11 is 0. The monoisotopic (exact) mass is 323 g/mol. The topological polar surface area (TPSA) is 55.3 Å². The maximum absolute atomic E-state index is 12.9. The van der Waals surface area contributed by atoms with Gasteiger partial charge in [-0.15, -0.1) is 12.4 Å². The van der Waals surface area contributed by atoms with Crippen molar-refractivity contribution in [3.63, 3.8) is 0 Å².